The minimum Gasteiger partial charge on any atom is -0.360 e. The van der Waals surface area contributed by atoms with E-state index in [9.17, 15) is 9.59 Å². The summed E-state index contributed by atoms with van der Waals surface area (Å²) in [5.41, 5.74) is 1.69. The molecular weight excluding hydrogens is 354 g/mol. The molecule has 136 valence electrons. The number of carbonyl (C=O) groups excluding carboxylic acids is 2. The van der Waals surface area contributed by atoms with Crippen molar-refractivity contribution in [2.45, 2.75) is 27.7 Å². The van der Waals surface area contributed by atoms with Crippen molar-refractivity contribution >= 4 is 39.2 Å². The highest BCUT2D eigenvalue weighted by atomic mass is 32.1. The Bertz CT molecular complexity index is 1010. The molecule has 0 aliphatic heterocycles. The van der Waals surface area contributed by atoms with Gasteiger partial charge in [0.15, 0.2) is 5.82 Å². The molecule has 3 heterocycles. The fraction of sp³-hybridized carbons (Fsp3) is 0.353. The van der Waals surface area contributed by atoms with Crippen LogP contribution in [0.4, 0.5) is 5.82 Å². The summed E-state index contributed by atoms with van der Waals surface area (Å²) in [4.78, 5) is 36.4. The minimum atomic E-state index is -0.347. The third kappa shape index (κ3) is 3.43. The molecule has 0 fully saturated rings. The molecule has 1 N–H and O–H groups in total. The van der Waals surface area contributed by atoms with Crippen LogP contribution in [0.2, 0.25) is 0 Å². The van der Waals surface area contributed by atoms with Crippen LogP contribution in [0, 0.1) is 27.7 Å². The number of fused-ring (bicyclic) bond motifs is 1. The number of rotatable bonds is 4. The van der Waals surface area contributed by atoms with Gasteiger partial charge in [0.05, 0.1) is 11.4 Å². The van der Waals surface area contributed by atoms with Gasteiger partial charge in [0.25, 0.3) is 5.91 Å². The van der Waals surface area contributed by atoms with E-state index in [1.54, 1.807) is 20.0 Å². The maximum Gasteiger partial charge on any atom is 0.264 e. The van der Waals surface area contributed by atoms with Crippen molar-refractivity contribution in [1.29, 1.82) is 0 Å². The van der Waals surface area contributed by atoms with Gasteiger partial charge < -0.3 is 14.7 Å². The second kappa shape index (κ2) is 6.83. The number of likely N-dealkylation sites (N-methyl/N-ethyl adjacent to an activating group) is 1. The molecule has 0 unspecified atom stereocenters. The molecule has 3 aromatic heterocycles. The van der Waals surface area contributed by atoms with Crippen LogP contribution in [-0.4, -0.2) is 45.4 Å². The summed E-state index contributed by atoms with van der Waals surface area (Å²) in [6.07, 6.45) is 0. The summed E-state index contributed by atoms with van der Waals surface area (Å²) in [6, 6.07) is 1.61. The van der Waals surface area contributed by atoms with Crippen LogP contribution < -0.4 is 5.32 Å². The highest BCUT2D eigenvalue weighted by Gasteiger charge is 2.22. The Kier molecular flexibility index (Phi) is 4.73. The lowest BCUT2D eigenvalue weighted by Gasteiger charge is -2.15. The quantitative estimate of drug-likeness (QED) is 0.754. The molecule has 0 saturated carbocycles. The molecule has 0 aliphatic carbocycles. The lowest BCUT2D eigenvalue weighted by Crippen LogP contribution is -2.34. The fourth-order valence-electron chi connectivity index (χ4n) is 2.75. The molecular formula is C17H19N5O3S. The van der Waals surface area contributed by atoms with Gasteiger partial charge in [-0.15, -0.1) is 11.3 Å². The van der Waals surface area contributed by atoms with Gasteiger partial charge in [0, 0.05) is 24.2 Å². The van der Waals surface area contributed by atoms with E-state index >= 15 is 0 Å². The highest BCUT2D eigenvalue weighted by molar-refractivity contribution is 7.20. The van der Waals surface area contributed by atoms with Gasteiger partial charge in [-0.1, -0.05) is 5.16 Å². The average Bonchev–Trinajstić information content (AvgIpc) is 3.09. The van der Waals surface area contributed by atoms with Gasteiger partial charge in [-0.25, -0.2) is 9.97 Å². The van der Waals surface area contributed by atoms with Crippen LogP contribution in [0.1, 0.15) is 32.5 Å². The Labute approximate surface area is 154 Å². The van der Waals surface area contributed by atoms with Crippen molar-refractivity contribution in [2.75, 3.05) is 18.9 Å². The van der Waals surface area contributed by atoms with Crippen molar-refractivity contribution in [3.05, 3.63) is 33.8 Å². The molecule has 0 aliphatic rings. The van der Waals surface area contributed by atoms with Crippen LogP contribution in [0.5, 0.6) is 0 Å². The largest absolute Gasteiger partial charge is 0.360 e. The first-order valence-corrected chi connectivity index (χ1v) is 8.81. The SMILES string of the molecule is Cc1nc(C)c2c(C)c(C(=O)N(C)CC(=O)Nc3cc(C)on3)sc2n1. The second-order valence-corrected chi connectivity index (χ2v) is 7.12. The van der Waals surface area contributed by atoms with Gasteiger partial charge in [0.2, 0.25) is 5.91 Å². The molecule has 0 saturated heterocycles. The van der Waals surface area contributed by atoms with Crippen LogP contribution >= 0.6 is 11.3 Å². The normalized spacial score (nSPS) is 11.0. The number of hydrogen-bond acceptors (Lipinski definition) is 7. The Morgan fingerprint density at radius 2 is 1.96 bits per heavy atom. The topological polar surface area (TPSA) is 101 Å². The Balaban J connectivity index is 1.78. The summed E-state index contributed by atoms with van der Waals surface area (Å²) in [5.74, 6) is 1.02. The number of nitrogens with zero attached hydrogens (tertiary/aromatic N) is 4. The number of nitrogens with one attached hydrogen (secondary N) is 1. The second-order valence-electron chi connectivity index (χ2n) is 6.12. The number of hydrogen-bond donors (Lipinski definition) is 1. The summed E-state index contributed by atoms with van der Waals surface area (Å²) in [6.45, 7) is 7.24. The Hall–Kier alpha value is -2.81. The molecule has 0 bridgehead atoms. The van der Waals surface area contributed by atoms with Crippen molar-refractivity contribution in [2.24, 2.45) is 0 Å². The maximum absolute atomic E-state index is 12.8. The molecule has 0 radical (unpaired) electrons. The zero-order chi connectivity index (χ0) is 19.0. The third-order valence-corrected chi connectivity index (χ3v) is 5.07. The van der Waals surface area contributed by atoms with Crippen LogP contribution in [-0.2, 0) is 4.79 Å². The van der Waals surface area contributed by atoms with Crippen molar-refractivity contribution in [1.82, 2.24) is 20.0 Å². The van der Waals surface area contributed by atoms with Crippen LogP contribution in [0.15, 0.2) is 10.6 Å². The first-order valence-electron chi connectivity index (χ1n) is 7.99. The molecule has 8 nitrogen and oxygen atoms in total. The van der Waals surface area contributed by atoms with Gasteiger partial charge in [-0.3, -0.25) is 9.59 Å². The Morgan fingerprint density at radius 1 is 1.23 bits per heavy atom. The lowest BCUT2D eigenvalue weighted by molar-refractivity contribution is -0.116. The van der Waals surface area contributed by atoms with Gasteiger partial charge in [-0.05, 0) is 33.3 Å². The van der Waals surface area contributed by atoms with E-state index in [0.29, 0.717) is 22.3 Å². The minimum absolute atomic E-state index is 0.0951. The van der Waals surface area contributed by atoms with E-state index in [2.05, 4.69) is 20.4 Å². The summed E-state index contributed by atoms with van der Waals surface area (Å²) in [5, 5.41) is 7.21. The van der Waals surface area contributed by atoms with Crippen LogP contribution in [0.25, 0.3) is 10.2 Å². The van der Waals surface area contributed by atoms with Crippen molar-refractivity contribution in [3.8, 4) is 0 Å². The van der Waals surface area contributed by atoms with Crippen molar-refractivity contribution in [3.63, 3.8) is 0 Å². The first kappa shape index (κ1) is 18.0. The maximum atomic E-state index is 12.8. The zero-order valence-corrected chi connectivity index (χ0v) is 16.0. The van der Waals surface area contributed by atoms with Crippen molar-refractivity contribution < 1.29 is 14.1 Å². The smallest absolute Gasteiger partial charge is 0.264 e. The molecule has 0 atom stereocenters. The highest BCUT2D eigenvalue weighted by Crippen LogP contribution is 2.31. The molecule has 0 spiro atoms. The first-order chi connectivity index (χ1) is 12.3. The number of aromatic nitrogens is 3. The number of anilines is 1. The molecule has 0 aromatic carbocycles. The zero-order valence-electron chi connectivity index (χ0n) is 15.2. The van der Waals surface area contributed by atoms with Crippen LogP contribution in [0.3, 0.4) is 0 Å². The van der Waals surface area contributed by atoms with Gasteiger partial charge >= 0.3 is 0 Å². The average molecular weight is 373 g/mol. The van der Waals surface area contributed by atoms with Gasteiger partial charge in [-0.2, -0.15) is 0 Å². The summed E-state index contributed by atoms with van der Waals surface area (Å²) < 4.78 is 4.90. The van der Waals surface area contributed by atoms with E-state index in [1.807, 2.05) is 20.8 Å². The lowest BCUT2D eigenvalue weighted by atomic mass is 10.1. The molecule has 3 rings (SSSR count). The summed E-state index contributed by atoms with van der Waals surface area (Å²) in [7, 11) is 1.59. The van der Waals surface area contributed by atoms with E-state index in [-0.39, 0.29) is 18.4 Å². The van der Waals surface area contributed by atoms with E-state index < -0.39 is 0 Å². The molecule has 3 aromatic rings. The summed E-state index contributed by atoms with van der Waals surface area (Å²) >= 11 is 1.32. The molecule has 26 heavy (non-hydrogen) atoms. The number of carbonyl (C=O) groups is 2. The van der Waals surface area contributed by atoms with E-state index in [1.165, 1.54) is 16.2 Å². The standard InChI is InChI=1S/C17H19N5O3S/c1-8-6-12(21-25-8)20-13(23)7-22(5)17(24)15-9(2)14-10(3)18-11(4)19-16(14)26-15/h6H,7H2,1-5H3,(H,20,21,23). The van der Waals surface area contributed by atoms with E-state index in [4.69, 9.17) is 4.52 Å². The predicted octanol–water partition coefficient (Wildman–Crippen LogP) is 2.62. The predicted molar refractivity (Wildman–Crippen MR) is 98.5 cm³/mol. The molecule has 9 heteroatoms. The van der Waals surface area contributed by atoms with Gasteiger partial charge in [0.1, 0.15) is 16.4 Å². The molecule has 2 amide bonds. The number of thiophene rings is 1. The van der Waals surface area contributed by atoms with E-state index in [0.717, 1.165) is 21.5 Å². The number of amides is 2. The third-order valence-electron chi connectivity index (χ3n) is 3.90. The number of aryl methyl sites for hydroxylation is 4. The Morgan fingerprint density at radius 3 is 2.62 bits per heavy atom. The fourth-order valence-corrected chi connectivity index (χ4v) is 4.02. The monoisotopic (exact) mass is 373 g/mol.